The second-order valence-electron chi connectivity index (χ2n) is 8.44. The summed E-state index contributed by atoms with van der Waals surface area (Å²) in [5.41, 5.74) is -0.795. The van der Waals surface area contributed by atoms with Crippen molar-refractivity contribution < 1.29 is 32.3 Å². The van der Waals surface area contributed by atoms with Crippen molar-refractivity contribution in [3.05, 3.63) is 48.3 Å². The smallest absolute Gasteiger partial charge is 0.420 e. The lowest BCUT2D eigenvalue weighted by atomic mass is 10.1. The number of rotatable bonds is 3. The third-order valence-electron chi connectivity index (χ3n) is 6.29. The van der Waals surface area contributed by atoms with Crippen molar-refractivity contribution >= 4 is 17.5 Å². The number of fused-ring (bicyclic) bond motifs is 1. The molecule has 3 aromatic heterocycles. The molecule has 1 aliphatic carbocycles. The van der Waals surface area contributed by atoms with Crippen LogP contribution in [0.25, 0.3) is 16.8 Å². The van der Waals surface area contributed by atoms with Crippen LogP contribution in [0.2, 0.25) is 0 Å². The molecule has 0 radical (unpaired) electrons. The van der Waals surface area contributed by atoms with Crippen LogP contribution in [-0.4, -0.2) is 67.9 Å². The number of carbonyl (C=O) groups excluding carboxylic acids is 2. The topological polar surface area (TPSA) is 91.3 Å². The fourth-order valence-corrected chi connectivity index (χ4v) is 4.62. The van der Waals surface area contributed by atoms with E-state index in [1.54, 1.807) is 11.0 Å². The summed E-state index contributed by atoms with van der Waals surface area (Å²) in [6.07, 6.45) is 2.17. The number of hydrogen-bond acceptors (Lipinski definition) is 5. The summed E-state index contributed by atoms with van der Waals surface area (Å²) in [5.74, 6) is -0.841. The lowest BCUT2D eigenvalue weighted by Crippen LogP contribution is -2.55. The van der Waals surface area contributed by atoms with Crippen LogP contribution in [0.3, 0.4) is 0 Å². The Bertz CT molecular complexity index is 1200. The highest BCUT2D eigenvalue weighted by Crippen LogP contribution is 2.35. The van der Waals surface area contributed by atoms with Crippen LogP contribution in [0, 0.1) is 0 Å². The molecule has 8 nitrogen and oxygen atoms in total. The van der Waals surface area contributed by atoms with Gasteiger partial charge in [-0.3, -0.25) is 9.59 Å². The van der Waals surface area contributed by atoms with Crippen LogP contribution in [-0.2, 0) is 11.0 Å². The number of piperazine rings is 1. The molecule has 3 aromatic rings. The molecule has 0 spiro atoms. The van der Waals surface area contributed by atoms with Crippen molar-refractivity contribution in [3.63, 3.8) is 0 Å². The van der Waals surface area contributed by atoms with E-state index in [1.807, 2.05) is 0 Å². The molecule has 0 aromatic carbocycles. The van der Waals surface area contributed by atoms with Gasteiger partial charge in [0.2, 0.25) is 5.91 Å². The van der Waals surface area contributed by atoms with Gasteiger partial charge in [0.05, 0.1) is 24.2 Å². The molecule has 174 valence electrons. The van der Waals surface area contributed by atoms with Gasteiger partial charge in [0.15, 0.2) is 0 Å². The highest BCUT2D eigenvalue weighted by Gasteiger charge is 2.38. The maximum absolute atomic E-state index is 13.7. The fraction of sp³-hybridized carbons (Fsp3) is 0.409. The number of halogens is 3. The van der Waals surface area contributed by atoms with Gasteiger partial charge < -0.3 is 23.7 Å². The summed E-state index contributed by atoms with van der Waals surface area (Å²) in [5, 5.41) is 9.74. The molecular formula is C22H21F3N4O4. The van der Waals surface area contributed by atoms with E-state index < -0.39 is 23.8 Å². The maximum atomic E-state index is 13.7. The maximum Gasteiger partial charge on any atom is 0.420 e. The molecule has 1 N–H and O–H groups in total. The predicted octanol–water partition coefficient (Wildman–Crippen LogP) is 2.81. The highest BCUT2D eigenvalue weighted by atomic mass is 19.4. The summed E-state index contributed by atoms with van der Waals surface area (Å²) in [4.78, 5) is 32.6. The van der Waals surface area contributed by atoms with Crippen molar-refractivity contribution in [3.8, 4) is 11.1 Å². The largest absolute Gasteiger partial charge is 0.472 e. The zero-order valence-corrected chi connectivity index (χ0v) is 17.5. The lowest BCUT2D eigenvalue weighted by Gasteiger charge is -2.37. The lowest BCUT2D eigenvalue weighted by molar-refractivity contribution is -0.138. The Hall–Kier alpha value is -3.34. The van der Waals surface area contributed by atoms with Gasteiger partial charge in [0.1, 0.15) is 17.9 Å². The molecule has 1 saturated heterocycles. The van der Waals surface area contributed by atoms with Crippen LogP contribution >= 0.6 is 0 Å². The summed E-state index contributed by atoms with van der Waals surface area (Å²) < 4.78 is 47.4. The van der Waals surface area contributed by atoms with Gasteiger partial charge in [-0.25, -0.2) is 4.98 Å². The molecule has 0 bridgehead atoms. The van der Waals surface area contributed by atoms with E-state index in [9.17, 15) is 27.9 Å². The molecule has 4 heterocycles. The first kappa shape index (κ1) is 21.5. The average molecular weight is 462 g/mol. The third kappa shape index (κ3) is 3.97. The van der Waals surface area contributed by atoms with Gasteiger partial charge in [-0.2, -0.15) is 13.2 Å². The minimum atomic E-state index is -4.68. The number of aliphatic hydroxyl groups is 1. The first-order valence-electron chi connectivity index (χ1n) is 10.6. The number of amides is 2. The summed E-state index contributed by atoms with van der Waals surface area (Å²) in [6.45, 7) is 0.386. The van der Waals surface area contributed by atoms with Crippen LogP contribution < -0.4 is 0 Å². The fourth-order valence-electron chi connectivity index (χ4n) is 4.62. The first-order valence-corrected chi connectivity index (χ1v) is 10.6. The van der Waals surface area contributed by atoms with E-state index in [2.05, 4.69) is 4.98 Å². The number of imidazole rings is 1. The normalized spacial score (nSPS) is 21.9. The molecule has 2 fully saturated rings. The molecule has 2 unspecified atom stereocenters. The number of hydrogen-bond donors (Lipinski definition) is 1. The van der Waals surface area contributed by atoms with Gasteiger partial charge in [0, 0.05) is 42.7 Å². The molecule has 2 aliphatic rings. The molecule has 2 amide bonds. The predicted molar refractivity (Wildman–Crippen MR) is 109 cm³/mol. The van der Waals surface area contributed by atoms with E-state index in [4.69, 9.17) is 4.42 Å². The Morgan fingerprint density at radius 1 is 1.18 bits per heavy atom. The second-order valence-corrected chi connectivity index (χ2v) is 8.44. The molecular weight excluding hydrogens is 441 g/mol. The first-order chi connectivity index (χ1) is 15.7. The molecule has 33 heavy (non-hydrogen) atoms. The van der Waals surface area contributed by atoms with Crippen LogP contribution in [0.15, 0.2) is 41.5 Å². The number of carbonyl (C=O) groups is 2. The van der Waals surface area contributed by atoms with E-state index in [0.29, 0.717) is 31.4 Å². The highest BCUT2D eigenvalue weighted by molar-refractivity contribution is 5.96. The monoisotopic (exact) mass is 462 g/mol. The SMILES string of the molecule is O=C(c1cn2cc(-c3ccoc3)cc(C(F)(F)F)c2n1)N1CCN(C2CCC(O)C2)C(=O)C1. The Morgan fingerprint density at radius 2 is 2.00 bits per heavy atom. The number of nitrogens with zero attached hydrogens (tertiary/aromatic N) is 4. The van der Waals surface area contributed by atoms with Crippen molar-refractivity contribution in [2.45, 2.75) is 37.6 Å². The second kappa shape index (κ2) is 7.91. The van der Waals surface area contributed by atoms with E-state index >= 15 is 0 Å². The molecule has 2 atom stereocenters. The number of alkyl halides is 3. The van der Waals surface area contributed by atoms with Gasteiger partial charge in [-0.15, -0.1) is 0 Å². The van der Waals surface area contributed by atoms with Crippen LogP contribution in [0.1, 0.15) is 35.3 Å². The van der Waals surface area contributed by atoms with Crippen molar-refractivity contribution in [2.75, 3.05) is 19.6 Å². The van der Waals surface area contributed by atoms with E-state index in [1.165, 1.54) is 34.2 Å². The summed E-state index contributed by atoms with van der Waals surface area (Å²) >= 11 is 0. The van der Waals surface area contributed by atoms with Gasteiger partial charge in [-0.05, 0) is 31.4 Å². The molecule has 5 rings (SSSR count). The number of aromatic nitrogens is 2. The minimum Gasteiger partial charge on any atom is -0.472 e. The standard InChI is InChI=1S/C22H21F3N4O4/c23-22(24,25)17-7-14(13-3-6-33-12-13)9-28-10-18(26-20(17)28)21(32)27-4-5-29(19(31)11-27)15-1-2-16(30)8-15/h3,6-7,9-10,12,15-16,30H,1-2,4-5,8,11H2. The minimum absolute atomic E-state index is 0.0457. The number of furan rings is 1. The van der Waals surface area contributed by atoms with E-state index in [0.717, 1.165) is 6.07 Å². The average Bonchev–Trinajstić information content (AvgIpc) is 3.52. The summed E-state index contributed by atoms with van der Waals surface area (Å²) in [6, 6.07) is 2.47. The Kier molecular flexibility index (Phi) is 5.15. The van der Waals surface area contributed by atoms with Gasteiger partial charge in [0.25, 0.3) is 5.91 Å². The Labute approximate surface area is 186 Å². The number of pyridine rings is 1. The summed E-state index contributed by atoms with van der Waals surface area (Å²) in [7, 11) is 0. The zero-order chi connectivity index (χ0) is 23.3. The van der Waals surface area contributed by atoms with Gasteiger partial charge in [-0.1, -0.05) is 0 Å². The Morgan fingerprint density at radius 3 is 2.64 bits per heavy atom. The quantitative estimate of drug-likeness (QED) is 0.647. The van der Waals surface area contributed by atoms with Gasteiger partial charge >= 0.3 is 6.18 Å². The van der Waals surface area contributed by atoms with Crippen molar-refractivity contribution in [1.29, 1.82) is 0 Å². The van der Waals surface area contributed by atoms with Crippen LogP contribution in [0.4, 0.5) is 13.2 Å². The number of aliphatic hydroxyl groups excluding tert-OH is 1. The molecule has 11 heteroatoms. The Balaban J connectivity index is 1.42. The third-order valence-corrected chi connectivity index (χ3v) is 6.29. The molecule has 1 aliphatic heterocycles. The van der Waals surface area contributed by atoms with Crippen LogP contribution in [0.5, 0.6) is 0 Å². The zero-order valence-electron chi connectivity index (χ0n) is 17.5. The molecule has 1 saturated carbocycles. The van der Waals surface area contributed by atoms with Crippen molar-refractivity contribution in [2.24, 2.45) is 0 Å². The van der Waals surface area contributed by atoms with E-state index in [-0.39, 0.29) is 41.9 Å². The van der Waals surface area contributed by atoms with Crippen molar-refractivity contribution in [1.82, 2.24) is 19.2 Å².